The minimum absolute atomic E-state index is 0.0748. The van der Waals surface area contributed by atoms with Crippen LogP contribution < -0.4 is 10.6 Å². The summed E-state index contributed by atoms with van der Waals surface area (Å²) in [6.45, 7) is 9.52. The number of rotatable bonds is 18. The van der Waals surface area contributed by atoms with Gasteiger partial charge in [-0.15, -0.1) is 0 Å². The zero-order valence-corrected chi connectivity index (χ0v) is 21.7. The Kier molecular flexibility index (Phi) is 14.4. The molecule has 2 rings (SSSR count). The maximum atomic E-state index is 12.5. The third-order valence-electron chi connectivity index (χ3n) is 5.89. The van der Waals surface area contributed by atoms with Gasteiger partial charge in [-0.3, -0.25) is 19.4 Å². The summed E-state index contributed by atoms with van der Waals surface area (Å²) >= 11 is 0. The van der Waals surface area contributed by atoms with Gasteiger partial charge in [0.05, 0.1) is 13.1 Å². The van der Waals surface area contributed by atoms with Gasteiger partial charge < -0.3 is 10.6 Å². The molecule has 0 atom stereocenters. The first-order chi connectivity index (χ1) is 17.1. The first-order valence-electron chi connectivity index (χ1n) is 13.2. The molecule has 0 aliphatic heterocycles. The van der Waals surface area contributed by atoms with Crippen LogP contribution in [-0.2, 0) is 22.7 Å². The summed E-state index contributed by atoms with van der Waals surface area (Å²) in [6.07, 6.45) is 5.01. The fourth-order valence-electron chi connectivity index (χ4n) is 3.96. The van der Waals surface area contributed by atoms with Crippen LogP contribution in [0.5, 0.6) is 0 Å². The van der Waals surface area contributed by atoms with Crippen LogP contribution in [0.4, 0.5) is 0 Å². The number of nitrogens with one attached hydrogen (secondary N) is 2. The molecule has 0 radical (unpaired) electrons. The van der Waals surface area contributed by atoms with E-state index in [-0.39, 0.29) is 11.8 Å². The molecule has 6 heteroatoms. The SMILES string of the molecule is CCCCNC(=O)CN(CCCN(CC(=O)NCCCC)Cc1ccccc1)Cc1ccccc1. The van der Waals surface area contributed by atoms with Crippen LogP contribution in [0.15, 0.2) is 60.7 Å². The van der Waals surface area contributed by atoms with Crippen molar-refractivity contribution in [2.45, 2.75) is 59.0 Å². The monoisotopic (exact) mass is 480 g/mol. The summed E-state index contributed by atoms with van der Waals surface area (Å²) in [5.74, 6) is 0.150. The number of amides is 2. The lowest BCUT2D eigenvalue weighted by Gasteiger charge is -2.25. The topological polar surface area (TPSA) is 64.7 Å². The standard InChI is InChI=1S/C29H44N4O2/c1-3-5-18-30-28(34)24-32(22-26-14-9-7-10-15-26)20-13-21-33(23-27-16-11-8-12-17-27)25-29(35)31-19-6-4-2/h7-12,14-17H,3-6,13,18-25H2,1-2H3,(H,30,34)(H,31,35). The highest BCUT2D eigenvalue weighted by Gasteiger charge is 2.15. The van der Waals surface area contributed by atoms with Crippen molar-refractivity contribution >= 4 is 11.8 Å². The second-order valence-electron chi connectivity index (χ2n) is 9.15. The highest BCUT2D eigenvalue weighted by Crippen LogP contribution is 2.08. The Morgan fingerprint density at radius 2 is 1.03 bits per heavy atom. The van der Waals surface area contributed by atoms with Gasteiger partial charge in [0.2, 0.25) is 11.8 Å². The van der Waals surface area contributed by atoms with Gasteiger partial charge in [0.1, 0.15) is 0 Å². The maximum absolute atomic E-state index is 12.5. The number of unbranched alkanes of at least 4 members (excludes halogenated alkanes) is 2. The van der Waals surface area contributed by atoms with E-state index in [1.807, 2.05) is 36.4 Å². The molecule has 0 aliphatic carbocycles. The Morgan fingerprint density at radius 1 is 0.629 bits per heavy atom. The Balaban J connectivity index is 1.95. The molecule has 0 aromatic heterocycles. The summed E-state index contributed by atoms with van der Waals surface area (Å²) in [5, 5.41) is 6.08. The summed E-state index contributed by atoms with van der Waals surface area (Å²) in [4.78, 5) is 29.4. The summed E-state index contributed by atoms with van der Waals surface area (Å²) < 4.78 is 0. The van der Waals surface area contributed by atoms with E-state index < -0.39 is 0 Å². The fraction of sp³-hybridized carbons (Fsp3) is 0.517. The van der Waals surface area contributed by atoms with E-state index in [4.69, 9.17) is 0 Å². The van der Waals surface area contributed by atoms with Crippen LogP contribution >= 0.6 is 0 Å². The largest absolute Gasteiger partial charge is 0.355 e. The molecule has 6 nitrogen and oxygen atoms in total. The van der Waals surface area contributed by atoms with E-state index in [1.54, 1.807) is 0 Å². The zero-order valence-electron chi connectivity index (χ0n) is 21.7. The molecule has 192 valence electrons. The quantitative estimate of drug-likeness (QED) is 0.314. The molecule has 0 unspecified atom stereocenters. The molecule has 0 saturated heterocycles. The number of carbonyl (C=O) groups is 2. The number of carbonyl (C=O) groups excluding carboxylic acids is 2. The predicted molar refractivity (Wildman–Crippen MR) is 144 cm³/mol. The average molecular weight is 481 g/mol. The Hall–Kier alpha value is -2.70. The third kappa shape index (κ3) is 13.1. The van der Waals surface area contributed by atoms with Gasteiger partial charge in [-0.05, 0) is 30.4 Å². The minimum Gasteiger partial charge on any atom is -0.355 e. The van der Waals surface area contributed by atoms with Crippen molar-refractivity contribution in [1.82, 2.24) is 20.4 Å². The highest BCUT2D eigenvalue weighted by atomic mass is 16.2. The van der Waals surface area contributed by atoms with Crippen LogP contribution in [0.1, 0.15) is 57.1 Å². The van der Waals surface area contributed by atoms with Crippen LogP contribution in [0.3, 0.4) is 0 Å². The lowest BCUT2D eigenvalue weighted by molar-refractivity contribution is -0.122. The van der Waals surface area contributed by atoms with Crippen molar-refractivity contribution in [3.8, 4) is 0 Å². The van der Waals surface area contributed by atoms with Gasteiger partial charge in [0.25, 0.3) is 0 Å². The van der Waals surface area contributed by atoms with E-state index in [0.29, 0.717) is 13.1 Å². The first kappa shape index (κ1) is 28.5. The van der Waals surface area contributed by atoms with Crippen molar-refractivity contribution in [3.63, 3.8) is 0 Å². The molecule has 2 aromatic rings. The zero-order chi connectivity index (χ0) is 25.1. The fourth-order valence-corrected chi connectivity index (χ4v) is 3.96. The van der Waals surface area contributed by atoms with E-state index in [1.165, 1.54) is 11.1 Å². The van der Waals surface area contributed by atoms with Crippen molar-refractivity contribution in [3.05, 3.63) is 71.8 Å². The molecule has 0 bridgehead atoms. The normalized spacial score (nSPS) is 11.1. The Morgan fingerprint density at radius 3 is 1.40 bits per heavy atom. The van der Waals surface area contributed by atoms with Crippen molar-refractivity contribution in [2.75, 3.05) is 39.3 Å². The van der Waals surface area contributed by atoms with Crippen molar-refractivity contribution < 1.29 is 9.59 Å². The van der Waals surface area contributed by atoms with Crippen LogP contribution in [0.25, 0.3) is 0 Å². The molecule has 2 amide bonds. The maximum Gasteiger partial charge on any atom is 0.234 e. The predicted octanol–water partition coefficient (Wildman–Crippen LogP) is 4.21. The molecule has 0 fully saturated rings. The second-order valence-corrected chi connectivity index (χ2v) is 9.15. The number of nitrogens with zero attached hydrogens (tertiary/aromatic N) is 2. The highest BCUT2D eigenvalue weighted by molar-refractivity contribution is 5.78. The van der Waals surface area contributed by atoms with Gasteiger partial charge >= 0.3 is 0 Å². The van der Waals surface area contributed by atoms with Gasteiger partial charge in [0, 0.05) is 39.3 Å². The van der Waals surface area contributed by atoms with Gasteiger partial charge in [-0.1, -0.05) is 87.4 Å². The second kappa shape index (κ2) is 17.7. The van der Waals surface area contributed by atoms with Gasteiger partial charge in [-0.25, -0.2) is 0 Å². The van der Waals surface area contributed by atoms with E-state index >= 15 is 0 Å². The smallest absolute Gasteiger partial charge is 0.234 e. The number of hydrogen-bond donors (Lipinski definition) is 2. The van der Waals surface area contributed by atoms with Crippen LogP contribution in [-0.4, -0.2) is 60.9 Å². The summed E-state index contributed by atoms with van der Waals surface area (Å²) in [5.41, 5.74) is 2.40. The van der Waals surface area contributed by atoms with Crippen molar-refractivity contribution in [2.24, 2.45) is 0 Å². The molecular formula is C29H44N4O2. The van der Waals surface area contributed by atoms with E-state index in [0.717, 1.165) is 71.4 Å². The lowest BCUT2D eigenvalue weighted by atomic mass is 10.2. The Labute approximate surface area is 212 Å². The van der Waals surface area contributed by atoms with E-state index in [9.17, 15) is 9.59 Å². The summed E-state index contributed by atoms with van der Waals surface area (Å²) in [7, 11) is 0. The molecule has 0 aliphatic rings. The molecule has 0 heterocycles. The molecule has 0 saturated carbocycles. The molecule has 2 aromatic carbocycles. The summed E-state index contributed by atoms with van der Waals surface area (Å²) in [6, 6.07) is 20.6. The Bertz CT molecular complexity index is 760. The minimum atomic E-state index is 0.0748. The van der Waals surface area contributed by atoms with Gasteiger partial charge in [-0.2, -0.15) is 0 Å². The van der Waals surface area contributed by atoms with Crippen LogP contribution in [0.2, 0.25) is 0 Å². The number of hydrogen-bond acceptors (Lipinski definition) is 4. The van der Waals surface area contributed by atoms with E-state index in [2.05, 4.69) is 58.5 Å². The molecule has 35 heavy (non-hydrogen) atoms. The van der Waals surface area contributed by atoms with Gasteiger partial charge in [0.15, 0.2) is 0 Å². The van der Waals surface area contributed by atoms with Crippen LogP contribution in [0, 0.1) is 0 Å². The average Bonchev–Trinajstić information content (AvgIpc) is 2.85. The number of benzene rings is 2. The van der Waals surface area contributed by atoms with Crippen molar-refractivity contribution in [1.29, 1.82) is 0 Å². The lowest BCUT2D eigenvalue weighted by Crippen LogP contribution is -2.40. The first-order valence-corrected chi connectivity index (χ1v) is 13.2. The molecule has 0 spiro atoms. The molecule has 2 N–H and O–H groups in total. The third-order valence-corrected chi connectivity index (χ3v) is 5.89. The molecular weight excluding hydrogens is 436 g/mol.